The number of pyridine rings is 1. The predicted octanol–water partition coefficient (Wildman–Crippen LogP) is 4.64. The van der Waals surface area contributed by atoms with Crippen molar-refractivity contribution < 1.29 is 40.9 Å². The van der Waals surface area contributed by atoms with Crippen LogP contribution in [0.1, 0.15) is 30.1 Å². The van der Waals surface area contributed by atoms with Gasteiger partial charge in [0.25, 0.3) is 0 Å². The van der Waals surface area contributed by atoms with E-state index in [4.69, 9.17) is 37.4 Å². The van der Waals surface area contributed by atoms with E-state index >= 15 is 0 Å². The molecule has 0 unspecified atom stereocenters. The van der Waals surface area contributed by atoms with E-state index in [0.29, 0.717) is 62.3 Å². The van der Waals surface area contributed by atoms with E-state index in [1.165, 1.54) is 46.7 Å². The van der Waals surface area contributed by atoms with Crippen molar-refractivity contribution in [2.45, 2.75) is 37.4 Å². The monoisotopic (exact) mass is 695 g/mol. The summed E-state index contributed by atoms with van der Waals surface area (Å²) in [4.78, 5) is 19.6. The highest BCUT2D eigenvalue weighted by Gasteiger charge is 2.41. The van der Waals surface area contributed by atoms with E-state index in [2.05, 4.69) is 9.72 Å². The maximum atomic E-state index is 13.7. The van der Waals surface area contributed by atoms with Crippen LogP contribution >= 0.6 is 35.0 Å². The van der Waals surface area contributed by atoms with Gasteiger partial charge < -0.3 is 18.9 Å². The Bertz CT molecular complexity index is 1400. The highest BCUT2D eigenvalue weighted by Crippen LogP contribution is 2.39. The van der Waals surface area contributed by atoms with E-state index in [0.717, 1.165) is 12.8 Å². The quantitative estimate of drug-likeness (QED) is 0.260. The number of ether oxygens (including phenoxy) is 4. The molecule has 1 aromatic heterocycles. The Kier molecular flexibility index (Phi) is 11.5. The molecule has 242 valence electrons. The molecule has 3 heterocycles. The summed E-state index contributed by atoms with van der Waals surface area (Å²) < 4.78 is 76.0. The molecule has 1 aliphatic carbocycles. The number of carbonyl (C=O) groups is 1. The Hall–Kier alpha value is -1.94. The molecule has 2 aromatic rings. The maximum absolute atomic E-state index is 13.7. The van der Waals surface area contributed by atoms with Gasteiger partial charge in [-0.1, -0.05) is 29.3 Å². The number of esters is 1. The van der Waals surface area contributed by atoms with Crippen LogP contribution in [0.15, 0.2) is 30.6 Å². The first-order valence-corrected chi connectivity index (χ1v) is 17.6. The number of nitrogens with zero attached hydrogens (tertiary/aromatic N) is 3. The van der Waals surface area contributed by atoms with Crippen molar-refractivity contribution in [3.05, 3.63) is 51.8 Å². The van der Waals surface area contributed by atoms with Crippen LogP contribution < -0.4 is 9.47 Å². The summed E-state index contributed by atoms with van der Waals surface area (Å²) in [6, 6.07) is 4.30. The Morgan fingerprint density at radius 2 is 1.84 bits per heavy atom. The number of sulfonamides is 1. The molecule has 2 aliphatic heterocycles. The van der Waals surface area contributed by atoms with E-state index in [9.17, 15) is 22.0 Å². The highest BCUT2D eigenvalue weighted by molar-refractivity contribution is 8.02. The van der Waals surface area contributed by atoms with Gasteiger partial charge in [0, 0.05) is 50.7 Å². The third-order valence-corrected chi connectivity index (χ3v) is 11.3. The number of aromatic nitrogens is 1. The SMILES string of the molecule is O=C(O[C@@H](Cc1c(Cl)cncc1Cl)c1ccc(OC(F)F)c(OCC2CC2)c1)[C@@H]1SCCN1S(=O)(=O)CCN1CCOCC1. The molecular formula is C28H33Cl2F2N3O7S2. The average Bonchev–Trinajstić information content (AvgIpc) is 3.69. The molecule has 0 N–H and O–H groups in total. The average molecular weight is 697 g/mol. The third-order valence-electron chi connectivity index (χ3n) is 7.50. The molecule has 1 aromatic carbocycles. The lowest BCUT2D eigenvalue weighted by Gasteiger charge is -2.28. The molecule has 0 amide bonds. The topological polar surface area (TPSA) is 108 Å². The number of hydrogen-bond donors (Lipinski definition) is 0. The molecular weight excluding hydrogens is 663 g/mol. The Balaban J connectivity index is 1.38. The summed E-state index contributed by atoms with van der Waals surface area (Å²) in [5, 5.41) is -0.615. The fourth-order valence-electron chi connectivity index (χ4n) is 4.88. The highest BCUT2D eigenvalue weighted by atomic mass is 35.5. The van der Waals surface area contributed by atoms with Gasteiger partial charge in [0.05, 0.1) is 35.6 Å². The fourth-order valence-corrected chi connectivity index (χ4v) is 8.55. The van der Waals surface area contributed by atoms with Gasteiger partial charge in [-0.05, 0) is 42.0 Å². The lowest BCUT2D eigenvalue weighted by atomic mass is 10.0. The van der Waals surface area contributed by atoms with Gasteiger partial charge in [-0.25, -0.2) is 13.2 Å². The van der Waals surface area contributed by atoms with Crippen LogP contribution in [0.2, 0.25) is 10.0 Å². The second-order valence-electron chi connectivity index (χ2n) is 10.7. The largest absolute Gasteiger partial charge is 0.489 e. The van der Waals surface area contributed by atoms with E-state index in [1.807, 2.05) is 4.90 Å². The Morgan fingerprint density at radius 1 is 1.11 bits per heavy atom. The zero-order valence-corrected chi connectivity index (χ0v) is 26.9. The van der Waals surface area contributed by atoms with E-state index < -0.39 is 34.1 Å². The van der Waals surface area contributed by atoms with Crippen molar-refractivity contribution in [1.29, 1.82) is 0 Å². The number of benzene rings is 1. The van der Waals surface area contributed by atoms with Gasteiger partial charge in [-0.3, -0.25) is 9.88 Å². The summed E-state index contributed by atoms with van der Waals surface area (Å²) in [5.41, 5.74) is 0.850. The molecule has 0 bridgehead atoms. The fraction of sp³-hybridized carbons (Fsp3) is 0.571. The molecule has 0 spiro atoms. The molecule has 2 saturated heterocycles. The van der Waals surface area contributed by atoms with Gasteiger partial charge in [0.15, 0.2) is 16.9 Å². The summed E-state index contributed by atoms with van der Waals surface area (Å²) in [7, 11) is -3.79. The van der Waals surface area contributed by atoms with Crippen molar-refractivity contribution in [2.75, 3.05) is 57.5 Å². The second-order valence-corrected chi connectivity index (χ2v) is 14.7. The van der Waals surface area contributed by atoms with Crippen molar-refractivity contribution in [3.8, 4) is 11.5 Å². The first kappa shape index (κ1) is 33.4. The van der Waals surface area contributed by atoms with E-state index in [1.54, 1.807) is 0 Å². The van der Waals surface area contributed by atoms with Crippen LogP contribution in [0.5, 0.6) is 11.5 Å². The molecule has 44 heavy (non-hydrogen) atoms. The number of halogens is 4. The van der Waals surface area contributed by atoms with Crippen molar-refractivity contribution in [3.63, 3.8) is 0 Å². The minimum absolute atomic E-state index is 0.00418. The zero-order valence-electron chi connectivity index (χ0n) is 23.7. The summed E-state index contributed by atoms with van der Waals surface area (Å²) in [6.45, 7) is 0.132. The zero-order chi connectivity index (χ0) is 31.3. The minimum atomic E-state index is -3.79. The van der Waals surface area contributed by atoms with Gasteiger partial charge in [0.2, 0.25) is 10.0 Å². The van der Waals surface area contributed by atoms with Crippen molar-refractivity contribution in [2.24, 2.45) is 5.92 Å². The molecule has 0 radical (unpaired) electrons. The lowest BCUT2D eigenvalue weighted by molar-refractivity contribution is -0.150. The summed E-state index contributed by atoms with van der Waals surface area (Å²) >= 11 is 14.0. The smallest absolute Gasteiger partial charge is 0.387 e. The van der Waals surface area contributed by atoms with Gasteiger partial charge in [-0.2, -0.15) is 13.1 Å². The number of carbonyl (C=O) groups excluding carboxylic acids is 1. The second kappa shape index (κ2) is 15.1. The molecule has 5 rings (SSSR count). The van der Waals surface area contributed by atoms with Crippen LogP contribution in [0.4, 0.5) is 8.78 Å². The van der Waals surface area contributed by atoms with Crippen LogP contribution in [-0.2, 0) is 30.7 Å². The number of hydrogen-bond acceptors (Lipinski definition) is 10. The summed E-state index contributed by atoms with van der Waals surface area (Å²) in [6.07, 6.45) is 3.75. The first-order chi connectivity index (χ1) is 21.1. The van der Waals surface area contributed by atoms with E-state index in [-0.39, 0.29) is 40.3 Å². The lowest BCUT2D eigenvalue weighted by Crippen LogP contribution is -2.45. The Labute approximate surface area is 269 Å². The number of rotatable bonds is 14. The molecule has 2 atom stereocenters. The normalized spacial score (nSPS) is 20.5. The standard InChI is InChI=1S/C28H33Cl2F2N3O7S2/c29-21-15-33-16-22(30)20(21)14-24(19-3-4-23(42-28(31)32)25(13-19)40-17-18-1-2-18)41-27(36)26-35(7-11-43-26)44(37,38)12-8-34-5-9-39-10-6-34/h3-4,13,15-16,18,24,26,28H,1-2,5-12,14,17H2/t24-,26-/m0/s1. The number of morpholine rings is 1. The molecule has 1 saturated carbocycles. The molecule has 3 fully saturated rings. The Morgan fingerprint density at radius 3 is 2.52 bits per heavy atom. The van der Waals surface area contributed by atoms with Crippen molar-refractivity contribution >= 4 is 51.0 Å². The van der Waals surface area contributed by atoms with Crippen LogP contribution in [0.3, 0.4) is 0 Å². The maximum Gasteiger partial charge on any atom is 0.387 e. The predicted molar refractivity (Wildman–Crippen MR) is 162 cm³/mol. The summed E-state index contributed by atoms with van der Waals surface area (Å²) in [5.74, 6) is -0.236. The van der Waals surface area contributed by atoms with Crippen LogP contribution in [0, 0.1) is 5.92 Å². The van der Waals surface area contributed by atoms with Gasteiger partial charge in [0.1, 0.15) is 6.10 Å². The number of alkyl halides is 2. The van der Waals surface area contributed by atoms with Crippen molar-refractivity contribution in [1.82, 2.24) is 14.2 Å². The van der Waals surface area contributed by atoms with Gasteiger partial charge >= 0.3 is 12.6 Å². The number of thioether (sulfide) groups is 1. The minimum Gasteiger partial charge on any atom is -0.489 e. The molecule has 3 aliphatic rings. The molecule has 10 nitrogen and oxygen atoms in total. The van der Waals surface area contributed by atoms with Crippen LogP contribution in [0.25, 0.3) is 0 Å². The first-order valence-electron chi connectivity index (χ1n) is 14.2. The van der Waals surface area contributed by atoms with Gasteiger partial charge in [-0.15, -0.1) is 11.8 Å². The van der Waals surface area contributed by atoms with Crippen LogP contribution in [-0.4, -0.2) is 98.1 Å². The third kappa shape index (κ3) is 8.86. The molecule has 16 heteroatoms.